The summed E-state index contributed by atoms with van der Waals surface area (Å²) in [6, 6.07) is 2.22. The van der Waals surface area contributed by atoms with Crippen LogP contribution in [0.2, 0.25) is 0 Å². The number of benzene rings is 1. The van der Waals surface area contributed by atoms with Crippen LogP contribution in [-0.2, 0) is 19.3 Å². The summed E-state index contributed by atoms with van der Waals surface area (Å²) in [7, 11) is 1.74. The van der Waals surface area contributed by atoms with Crippen molar-refractivity contribution < 1.29 is 9.84 Å². The molecule has 0 radical (unpaired) electrons. The van der Waals surface area contributed by atoms with Gasteiger partial charge in [-0.1, -0.05) is 0 Å². The molecular formula is C15H22O2. The van der Waals surface area contributed by atoms with E-state index in [1.165, 1.54) is 47.9 Å². The normalized spacial score (nSPS) is 14.5. The monoisotopic (exact) mass is 234 g/mol. The standard InChI is InChI=1S/C15H22O2/c1-11-13-7-4-3-6-12(13)10-15(17-2)14(11)8-5-9-16/h10,16H,3-9H2,1-2H3. The van der Waals surface area contributed by atoms with E-state index in [1.54, 1.807) is 7.11 Å². The number of ether oxygens (including phenoxy) is 1. The van der Waals surface area contributed by atoms with Crippen LogP contribution in [0.4, 0.5) is 0 Å². The number of aliphatic hydroxyl groups is 1. The predicted molar refractivity (Wildman–Crippen MR) is 69.8 cm³/mol. The van der Waals surface area contributed by atoms with E-state index < -0.39 is 0 Å². The number of fused-ring (bicyclic) bond motifs is 1. The Balaban J connectivity index is 2.41. The fourth-order valence-corrected chi connectivity index (χ4v) is 2.88. The first-order valence-electron chi connectivity index (χ1n) is 6.57. The summed E-state index contributed by atoms with van der Waals surface area (Å²) in [5, 5.41) is 8.98. The van der Waals surface area contributed by atoms with E-state index in [4.69, 9.17) is 9.84 Å². The van der Waals surface area contributed by atoms with Crippen molar-refractivity contribution in [3.05, 3.63) is 28.3 Å². The lowest BCUT2D eigenvalue weighted by atomic mass is 9.85. The fraction of sp³-hybridized carbons (Fsp3) is 0.600. The summed E-state index contributed by atoms with van der Waals surface area (Å²) in [4.78, 5) is 0. The number of hydrogen-bond acceptors (Lipinski definition) is 2. The molecule has 94 valence electrons. The van der Waals surface area contributed by atoms with E-state index in [1.807, 2.05) is 0 Å². The topological polar surface area (TPSA) is 29.5 Å². The van der Waals surface area contributed by atoms with Gasteiger partial charge in [0.1, 0.15) is 5.75 Å². The highest BCUT2D eigenvalue weighted by molar-refractivity contribution is 5.50. The molecule has 2 heteroatoms. The fourth-order valence-electron chi connectivity index (χ4n) is 2.88. The van der Waals surface area contributed by atoms with Gasteiger partial charge in [0.15, 0.2) is 0 Å². The summed E-state index contributed by atoms with van der Waals surface area (Å²) in [6.07, 6.45) is 6.73. The van der Waals surface area contributed by atoms with E-state index in [9.17, 15) is 0 Å². The second-order valence-electron chi connectivity index (χ2n) is 4.85. The maximum Gasteiger partial charge on any atom is 0.122 e. The highest BCUT2D eigenvalue weighted by Gasteiger charge is 2.17. The molecule has 0 saturated carbocycles. The third-order valence-electron chi connectivity index (χ3n) is 3.82. The summed E-state index contributed by atoms with van der Waals surface area (Å²) in [5.74, 6) is 1.01. The van der Waals surface area contributed by atoms with Crippen molar-refractivity contribution in [2.45, 2.75) is 45.4 Å². The van der Waals surface area contributed by atoms with Crippen LogP contribution < -0.4 is 4.74 Å². The van der Waals surface area contributed by atoms with Crippen LogP contribution in [0.1, 0.15) is 41.5 Å². The van der Waals surface area contributed by atoms with Crippen LogP contribution in [0.25, 0.3) is 0 Å². The van der Waals surface area contributed by atoms with Gasteiger partial charge in [0, 0.05) is 6.61 Å². The maximum atomic E-state index is 8.98. The third kappa shape index (κ3) is 2.47. The second kappa shape index (κ2) is 5.54. The first-order valence-corrected chi connectivity index (χ1v) is 6.57. The molecule has 0 aliphatic heterocycles. The maximum absolute atomic E-state index is 8.98. The first-order chi connectivity index (χ1) is 8.27. The quantitative estimate of drug-likeness (QED) is 0.868. The zero-order valence-electron chi connectivity index (χ0n) is 10.9. The zero-order chi connectivity index (χ0) is 12.3. The van der Waals surface area contributed by atoms with E-state index in [0.717, 1.165) is 18.6 Å². The molecule has 0 atom stereocenters. The number of rotatable bonds is 4. The largest absolute Gasteiger partial charge is 0.496 e. The van der Waals surface area contributed by atoms with Crippen molar-refractivity contribution in [2.24, 2.45) is 0 Å². The highest BCUT2D eigenvalue weighted by atomic mass is 16.5. The summed E-state index contributed by atoms with van der Waals surface area (Å²) >= 11 is 0. The van der Waals surface area contributed by atoms with Crippen LogP contribution in [0.5, 0.6) is 5.75 Å². The van der Waals surface area contributed by atoms with E-state index in [2.05, 4.69) is 13.0 Å². The molecule has 1 aliphatic rings. The molecule has 0 unspecified atom stereocenters. The van der Waals surface area contributed by atoms with Crippen molar-refractivity contribution in [2.75, 3.05) is 13.7 Å². The Hall–Kier alpha value is -1.02. The highest BCUT2D eigenvalue weighted by Crippen LogP contribution is 2.33. The third-order valence-corrected chi connectivity index (χ3v) is 3.82. The van der Waals surface area contributed by atoms with Crippen LogP contribution in [-0.4, -0.2) is 18.8 Å². The molecule has 1 aliphatic carbocycles. The molecule has 0 saturated heterocycles. The summed E-state index contributed by atoms with van der Waals surface area (Å²) in [5.41, 5.74) is 5.69. The molecule has 1 aromatic rings. The Bertz CT molecular complexity index is 396. The van der Waals surface area contributed by atoms with Gasteiger partial charge in [-0.3, -0.25) is 0 Å². The van der Waals surface area contributed by atoms with Gasteiger partial charge in [-0.25, -0.2) is 0 Å². The molecular weight excluding hydrogens is 212 g/mol. The van der Waals surface area contributed by atoms with Crippen molar-refractivity contribution in [1.29, 1.82) is 0 Å². The smallest absolute Gasteiger partial charge is 0.122 e. The second-order valence-corrected chi connectivity index (χ2v) is 4.85. The van der Waals surface area contributed by atoms with Gasteiger partial charge in [0.05, 0.1) is 7.11 Å². The molecule has 0 fully saturated rings. The molecule has 1 aromatic carbocycles. The van der Waals surface area contributed by atoms with Gasteiger partial charge >= 0.3 is 0 Å². The lowest BCUT2D eigenvalue weighted by Crippen LogP contribution is -2.09. The molecule has 0 aromatic heterocycles. The number of aryl methyl sites for hydroxylation is 1. The van der Waals surface area contributed by atoms with Crippen molar-refractivity contribution >= 4 is 0 Å². The van der Waals surface area contributed by atoms with Crippen LogP contribution >= 0.6 is 0 Å². The summed E-state index contributed by atoms with van der Waals surface area (Å²) in [6.45, 7) is 2.46. The van der Waals surface area contributed by atoms with E-state index in [0.29, 0.717) is 0 Å². The molecule has 2 nitrogen and oxygen atoms in total. The molecule has 2 rings (SSSR count). The van der Waals surface area contributed by atoms with Crippen molar-refractivity contribution in [3.63, 3.8) is 0 Å². The van der Waals surface area contributed by atoms with Gasteiger partial charge in [-0.2, -0.15) is 0 Å². The average Bonchev–Trinajstić information content (AvgIpc) is 2.37. The Labute approximate surface area is 104 Å². The van der Waals surface area contributed by atoms with Gasteiger partial charge in [0.2, 0.25) is 0 Å². The molecule has 0 spiro atoms. The molecule has 0 bridgehead atoms. The summed E-state index contributed by atoms with van der Waals surface area (Å²) < 4.78 is 5.51. The van der Waals surface area contributed by atoms with Crippen LogP contribution in [0.15, 0.2) is 6.07 Å². The SMILES string of the molecule is COc1cc2c(c(C)c1CCCO)CCCC2. The van der Waals surface area contributed by atoms with Gasteiger partial charge in [-0.15, -0.1) is 0 Å². The lowest BCUT2D eigenvalue weighted by molar-refractivity contribution is 0.287. The zero-order valence-corrected chi connectivity index (χ0v) is 10.9. The van der Waals surface area contributed by atoms with Gasteiger partial charge in [-0.05, 0) is 73.8 Å². The predicted octanol–water partition coefficient (Wildman–Crippen LogP) is 2.81. The van der Waals surface area contributed by atoms with Crippen molar-refractivity contribution in [1.82, 2.24) is 0 Å². The Morgan fingerprint density at radius 2 is 2.06 bits per heavy atom. The number of hydrogen-bond donors (Lipinski definition) is 1. The van der Waals surface area contributed by atoms with Gasteiger partial charge < -0.3 is 9.84 Å². The Kier molecular flexibility index (Phi) is 4.06. The van der Waals surface area contributed by atoms with E-state index in [-0.39, 0.29) is 6.61 Å². The minimum Gasteiger partial charge on any atom is -0.496 e. The minimum atomic E-state index is 0.250. The molecule has 0 amide bonds. The van der Waals surface area contributed by atoms with E-state index >= 15 is 0 Å². The Morgan fingerprint density at radius 1 is 1.29 bits per heavy atom. The lowest BCUT2D eigenvalue weighted by Gasteiger charge is -2.22. The Morgan fingerprint density at radius 3 is 2.76 bits per heavy atom. The minimum absolute atomic E-state index is 0.250. The van der Waals surface area contributed by atoms with Gasteiger partial charge in [0.25, 0.3) is 0 Å². The molecule has 1 N–H and O–H groups in total. The van der Waals surface area contributed by atoms with Crippen molar-refractivity contribution in [3.8, 4) is 5.75 Å². The number of methoxy groups -OCH3 is 1. The number of aliphatic hydroxyl groups excluding tert-OH is 1. The molecule has 0 heterocycles. The molecule has 17 heavy (non-hydrogen) atoms. The first kappa shape index (κ1) is 12.4. The average molecular weight is 234 g/mol. The van der Waals surface area contributed by atoms with Crippen LogP contribution in [0.3, 0.4) is 0 Å². The van der Waals surface area contributed by atoms with Crippen LogP contribution in [0, 0.1) is 6.92 Å².